The molecule has 0 aromatic carbocycles. The third-order valence-electron chi connectivity index (χ3n) is 6.92. The van der Waals surface area contributed by atoms with Crippen LogP contribution in [0.15, 0.2) is 24.3 Å². The lowest BCUT2D eigenvalue weighted by atomic mass is 9.79. The van der Waals surface area contributed by atoms with Crippen molar-refractivity contribution in [2.75, 3.05) is 13.1 Å². The molecule has 32 heavy (non-hydrogen) atoms. The molecule has 0 spiro atoms. The molecule has 1 N–H and O–H groups in total. The van der Waals surface area contributed by atoms with Gasteiger partial charge in [-0.1, -0.05) is 71.3 Å². The molecule has 186 valence electrons. The van der Waals surface area contributed by atoms with E-state index in [0.29, 0.717) is 12.5 Å². The number of nitrogens with zero attached hydrogens (tertiary/aromatic N) is 1. The molecule has 1 heterocycles. The number of allylic oxidation sites excluding steroid dienone is 1. The summed E-state index contributed by atoms with van der Waals surface area (Å²) >= 11 is 6.62. The van der Waals surface area contributed by atoms with E-state index in [2.05, 4.69) is 70.7 Å². The van der Waals surface area contributed by atoms with E-state index in [1.54, 1.807) is 0 Å². The summed E-state index contributed by atoms with van der Waals surface area (Å²) in [6.07, 6.45) is 17.3. The number of rotatable bonds is 15. The van der Waals surface area contributed by atoms with Crippen LogP contribution in [-0.4, -0.2) is 52.2 Å². The summed E-state index contributed by atoms with van der Waals surface area (Å²) in [4.78, 5) is 13.1. The van der Waals surface area contributed by atoms with Crippen molar-refractivity contribution in [1.29, 1.82) is 0 Å². The number of ether oxygens (including phenoxy) is 1. The molecule has 0 bridgehead atoms. The third kappa shape index (κ3) is 10.9. The maximum Gasteiger partial charge on any atom is 0.303 e. The van der Waals surface area contributed by atoms with Crippen LogP contribution in [0.5, 0.6) is 0 Å². The fourth-order valence-electron chi connectivity index (χ4n) is 3.82. The number of carboxylic acid groups (broad SMARTS) is 1. The highest BCUT2D eigenvalue weighted by molar-refractivity contribution is 6.21. The van der Waals surface area contributed by atoms with E-state index in [0.717, 1.165) is 38.8 Å². The second kappa shape index (κ2) is 14.4. The zero-order valence-electron chi connectivity index (χ0n) is 21.4. The molecule has 1 rings (SSSR count). The second-order valence-electron chi connectivity index (χ2n) is 10.7. The fraction of sp³-hybridized carbons (Fsp3) is 0.815. The van der Waals surface area contributed by atoms with E-state index in [1.807, 2.05) is 0 Å². The Balaban J connectivity index is 2.64. The van der Waals surface area contributed by atoms with Gasteiger partial charge in [0.15, 0.2) is 0 Å². The van der Waals surface area contributed by atoms with Gasteiger partial charge in [0.1, 0.15) is 0 Å². The molecular weight excluding hydrogens is 422 g/mol. The second-order valence-corrected chi connectivity index (χ2v) is 11.3. The van der Waals surface area contributed by atoms with Crippen LogP contribution in [0.4, 0.5) is 0 Å². The zero-order chi connectivity index (χ0) is 24.2. The predicted molar refractivity (Wildman–Crippen MR) is 137 cm³/mol. The van der Waals surface area contributed by atoms with Gasteiger partial charge < -0.3 is 9.84 Å². The number of alkyl halides is 1. The molecule has 5 heteroatoms. The molecule has 1 aliphatic heterocycles. The van der Waals surface area contributed by atoms with Crippen LogP contribution in [-0.2, 0) is 9.53 Å². The van der Waals surface area contributed by atoms with E-state index >= 15 is 0 Å². The molecule has 0 saturated carbocycles. The van der Waals surface area contributed by atoms with Crippen molar-refractivity contribution < 1.29 is 14.6 Å². The highest BCUT2D eigenvalue weighted by Crippen LogP contribution is 2.35. The molecule has 1 saturated heterocycles. The zero-order valence-corrected chi connectivity index (χ0v) is 22.2. The third-order valence-corrected chi connectivity index (χ3v) is 7.43. The Morgan fingerprint density at radius 2 is 1.88 bits per heavy atom. The summed E-state index contributed by atoms with van der Waals surface area (Å²) in [7, 11) is 0. The van der Waals surface area contributed by atoms with Crippen molar-refractivity contribution in [3.8, 4) is 0 Å². The minimum atomic E-state index is -0.726. The van der Waals surface area contributed by atoms with Crippen molar-refractivity contribution in [2.24, 2.45) is 5.41 Å². The number of likely N-dealkylation sites (tertiary alicyclic amines) is 1. The Hall–Kier alpha value is -0.840. The quantitative estimate of drug-likeness (QED) is 0.156. The smallest absolute Gasteiger partial charge is 0.303 e. The average molecular weight is 470 g/mol. The first-order chi connectivity index (χ1) is 15.0. The standard InChI is InChI=1S/C27H48ClNO3/c1-7-8-11-15-22(32-27(5,6)26(2,3)4)16-14-20-29-21-19-23(28)24(29)17-12-9-10-13-18-25(30)31/h9,12,14,16,22-24H,7-8,10-11,13,15,17-21H2,1-6H3,(H,30,31)/b12-9-,16-14+/t22?,23-,24?/m1/s1. The van der Waals surface area contributed by atoms with Crippen molar-refractivity contribution in [1.82, 2.24) is 4.90 Å². The lowest BCUT2D eigenvalue weighted by molar-refractivity contribution is -0.137. The minimum absolute atomic E-state index is 0.0759. The van der Waals surface area contributed by atoms with Crippen molar-refractivity contribution in [2.45, 2.75) is 122 Å². The molecule has 1 fully saturated rings. The van der Waals surface area contributed by atoms with Crippen LogP contribution in [0, 0.1) is 5.41 Å². The largest absolute Gasteiger partial charge is 0.481 e. The van der Waals surface area contributed by atoms with Gasteiger partial charge in [-0.3, -0.25) is 9.69 Å². The Morgan fingerprint density at radius 3 is 2.50 bits per heavy atom. The molecular formula is C27H48ClNO3. The molecule has 2 unspecified atom stereocenters. The number of carboxylic acids is 1. The summed E-state index contributed by atoms with van der Waals surface area (Å²) in [5.74, 6) is -0.726. The van der Waals surface area contributed by atoms with Crippen LogP contribution in [0.3, 0.4) is 0 Å². The SMILES string of the molecule is CCCCCC(/C=C/CN1CC[C@@H](Cl)C1C/C=C\CCCC(=O)O)OC(C)(C)C(C)(C)C. The summed E-state index contributed by atoms with van der Waals surface area (Å²) in [6.45, 7) is 15.3. The van der Waals surface area contributed by atoms with Crippen molar-refractivity contribution in [3.05, 3.63) is 24.3 Å². The first-order valence-corrected chi connectivity index (χ1v) is 13.0. The molecule has 0 amide bonds. The summed E-state index contributed by atoms with van der Waals surface area (Å²) in [5.41, 5.74) is -0.121. The van der Waals surface area contributed by atoms with Gasteiger partial charge in [-0.15, -0.1) is 11.6 Å². The first-order valence-electron chi connectivity index (χ1n) is 12.6. The van der Waals surface area contributed by atoms with Crippen LogP contribution in [0.2, 0.25) is 0 Å². The van der Waals surface area contributed by atoms with Gasteiger partial charge in [-0.25, -0.2) is 0 Å². The molecule has 4 nitrogen and oxygen atoms in total. The van der Waals surface area contributed by atoms with Gasteiger partial charge in [0.25, 0.3) is 0 Å². The predicted octanol–water partition coefficient (Wildman–Crippen LogP) is 7.22. The normalized spacial score (nSPS) is 21.7. The first kappa shape index (κ1) is 29.2. The van der Waals surface area contributed by atoms with Crippen LogP contribution in [0.1, 0.15) is 99.3 Å². The number of unbranched alkanes of at least 4 members (excludes halogenated alkanes) is 3. The van der Waals surface area contributed by atoms with Gasteiger partial charge in [-0.2, -0.15) is 0 Å². The lowest BCUT2D eigenvalue weighted by Crippen LogP contribution is -2.42. The molecule has 0 aliphatic carbocycles. The van der Waals surface area contributed by atoms with E-state index in [4.69, 9.17) is 21.4 Å². The van der Waals surface area contributed by atoms with Crippen molar-refractivity contribution >= 4 is 17.6 Å². The van der Waals surface area contributed by atoms with Gasteiger partial charge in [0.2, 0.25) is 0 Å². The Labute approximate surface area is 202 Å². The number of hydrogen-bond acceptors (Lipinski definition) is 3. The minimum Gasteiger partial charge on any atom is -0.481 e. The number of halogens is 1. The molecule has 0 aromatic rings. The fourth-order valence-corrected chi connectivity index (χ4v) is 4.18. The number of hydrogen-bond donors (Lipinski definition) is 1. The number of aliphatic carboxylic acids is 1. The maximum absolute atomic E-state index is 10.6. The van der Waals surface area contributed by atoms with Crippen LogP contribution in [0.25, 0.3) is 0 Å². The van der Waals surface area contributed by atoms with Crippen LogP contribution < -0.4 is 0 Å². The van der Waals surface area contributed by atoms with Crippen LogP contribution >= 0.6 is 11.6 Å². The van der Waals surface area contributed by atoms with Gasteiger partial charge >= 0.3 is 5.97 Å². The average Bonchev–Trinajstić information content (AvgIpc) is 3.03. The molecule has 0 radical (unpaired) electrons. The summed E-state index contributed by atoms with van der Waals surface area (Å²) < 4.78 is 6.60. The van der Waals surface area contributed by atoms with Crippen molar-refractivity contribution in [3.63, 3.8) is 0 Å². The Kier molecular flexibility index (Phi) is 13.2. The lowest BCUT2D eigenvalue weighted by Gasteiger charge is -2.41. The molecule has 1 aliphatic rings. The summed E-state index contributed by atoms with van der Waals surface area (Å²) in [5, 5.41) is 8.90. The monoisotopic (exact) mass is 469 g/mol. The van der Waals surface area contributed by atoms with E-state index in [9.17, 15) is 4.79 Å². The maximum atomic E-state index is 10.6. The number of carbonyl (C=O) groups is 1. The summed E-state index contributed by atoms with van der Waals surface area (Å²) in [6, 6.07) is 0.336. The van der Waals surface area contributed by atoms with Gasteiger partial charge in [-0.05, 0) is 51.4 Å². The van der Waals surface area contributed by atoms with E-state index in [1.165, 1.54) is 19.3 Å². The highest BCUT2D eigenvalue weighted by Gasteiger charge is 2.35. The van der Waals surface area contributed by atoms with Gasteiger partial charge in [0.05, 0.1) is 17.1 Å². The van der Waals surface area contributed by atoms with Gasteiger partial charge in [0, 0.05) is 25.6 Å². The Bertz CT molecular complexity index is 594. The molecule has 3 atom stereocenters. The highest BCUT2D eigenvalue weighted by atomic mass is 35.5. The van der Waals surface area contributed by atoms with E-state index in [-0.39, 0.29) is 28.9 Å². The molecule has 0 aromatic heterocycles. The Morgan fingerprint density at radius 1 is 1.16 bits per heavy atom. The topological polar surface area (TPSA) is 49.8 Å². The van der Waals surface area contributed by atoms with E-state index < -0.39 is 5.97 Å².